The van der Waals surface area contributed by atoms with Crippen molar-refractivity contribution in [3.05, 3.63) is 58.9 Å². The number of esters is 1. The average molecular weight is 417 g/mol. The third-order valence-corrected chi connectivity index (χ3v) is 5.26. The minimum absolute atomic E-state index is 0.247. The van der Waals surface area contributed by atoms with Crippen LogP contribution in [0.15, 0.2) is 52.9 Å². The van der Waals surface area contributed by atoms with Crippen molar-refractivity contribution in [2.24, 2.45) is 0 Å². The second-order valence-corrected chi connectivity index (χ2v) is 7.17. The third kappa shape index (κ3) is 5.95. The first-order valence-electron chi connectivity index (χ1n) is 9.12. The molecule has 1 aromatic heterocycles. The van der Waals surface area contributed by atoms with Crippen LogP contribution in [-0.4, -0.2) is 33.3 Å². The number of anilines is 2. The molecular weight excluding hydrogens is 392 g/mol. The minimum Gasteiger partial charge on any atom is -0.462 e. The van der Waals surface area contributed by atoms with Gasteiger partial charge in [-0.25, -0.2) is 4.79 Å². The summed E-state index contributed by atoms with van der Waals surface area (Å²) in [6.45, 7) is 7.94. The maximum absolute atomic E-state index is 12.7. The van der Waals surface area contributed by atoms with Gasteiger partial charge in [0.15, 0.2) is 5.16 Å². The number of amides is 1. The highest BCUT2D eigenvalue weighted by Crippen LogP contribution is 2.26. The van der Waals surface area contributed by atoms with Crippen LogP contribution in [-0.2, 0) is 16.1 Å². The van der Waals surface area contributed by atoms with Crippen LogP contribution in [0.2, 0.25) is 0 Å². The number of nitrogens with zero attached hydrogens (tertiary/aromatic N) is 2. The number of carbonyl (C=O) groups is 2. The van der Waals surface area contributed by atoms with E-state index < -0.39 is 16.8 Å². The van der Waals surface area contributed by atoms with E-state index in [9.17, 15) is 14.4 Å². The topological polar surface area (TPSA) is 116 Å². The second kappa shape index (κ2) is 10.5. The molecule has 2 rings (SSSR count). The van der Waals surface area contributed by atoms with E-state index in [4.69, 9.17) is 10.5 Å². The molecule has 1 heterocycles. The molecule has 0 radical (unpaired) electrons. The van der Waals surface area contributed by atoms with Gasteiger partial charge in [0.25, 0.3) is 5.56 Å². The van der Waals surface area contributed by atoms with Crippen molar-refractivity contribution in [3.8, 4) is 0 Å². The normalized spacial score (nSPS) is 11.5. The van der Waals surface area contributed by atoms with Gasteiger partial charge in [-0.3, -0.25) is 9.59 Å². The van der Waals surface area contributed by atoms with Crippen molar-refractivity contribution in [1.29, 1.82) is 0 Å². The summed E-state index contributed by atoms with van der Waals surface area (Å²) < 4.78 is 6.57. The summed E-state index contributed by atoms with van der Waals surface area (Å²) in [7, 11) is 0. The standard InChI is InChI=1S/C20H24N4O4S/c1-4-11-24-16(21)12-17(25)23-20(24)29-15(5-2)18(26)22-14-9-7-13(8-10-14)19(27)28-6-3/h4,7-10,12,15H,1,5-6,11,21H2,2-3H3,(H,22,26)/t15-/m0/s1. The molecule has 154 valence electrons. The van der Waals surface area contributed by atoms with E-state index in [1.54, 1.807) is 41.8 Å². The maximum Gasteiger partial charge on any atom is 0.338 e. The maximum atomic E-state index is 12.7. The van der Waals surface area contributed by atoms with Crippen LogP contribution in [0, 0.1) is 0 Å². The predicted octanol–water partition coefficient (Wildman–Crippen LogP) is 2.70. The fraction of sp³-hybridized carbons (Fsp3) is 0.300. The number of thioether (sulfide) groups is 1. The van der Waals surface area contributed by atoms with Crippen molar-refractivity contribution < 1.29 is 14.3 Å². The molecule has 1 atom stereocenters. The summed E-state index contributed by atoms with van der Waals surface area (Å²) in [4.78, 5) is 40.2. The zero-order valence-electron chi connectivity index (χ0n) is 16.4. The van der Waals surface area contributed by atoms with E-state index in [2.05, 4.69) is 16.9 Å². The van der Waals surface area contributed by atoms with Crippen LogP contribution < -0.4 is 16.6 Å². The molecule has 0 saturated heterocycles. The van der Waals surface area contributed by atoms with Gasteiger partial charge >= 0.3 is 5.97 Å². The lowest BCUT2D eigenvalue weighted by atomic mass is 10.2. The molecule has 0 unspecified atom stereocenters. The molecule has 0 aliphatic carbocycles. The largest absolute Gasteiger partial charge is 0.462 e. The van der Waals surface area contributed by atoms with Gasteiger partial charge in [-0.2, -0.15) is 4.98 Å². The number of nitrogens with one attached hydrogen (secondary N) is 1. The van der Waals surface area contributed by atoms with E-state index in [1.807, 2.05) is 6.92 Å². The van der Waals surface area contributed by atoms with Crippen LogP contribution in [0.4, 0.5) is 11.5 Å². The van der Waals surface area contributed by atoms with Gasteiger partial charge in [-0.05, 0) is 37.6 Å². The molecule has 0 fully saturated rings. The Morgan fingerprint density at radius 3 is 2.62 bits per heavy atom. The van der Waals surface area contributed by atoms with Crippen molar-refractivity contribution in [2.75, 3.05) is 17.7 Å². The number of nitrogens with two attached hydrogens (primary N) is 1. The number of hydrogen-bond donors (Lipinski definition) is 2. The molecule has 8 nitrogen and oxygen atoms in total. The van der Waals surface area contributed by atoms with E-state index in [0.29, 0.717) is 36.0 Å². The highest BCUT2D eigenvalue weighted by atomic mass is 32.2. The lowest BCUT2D eigenvalue weighted by molar-refractivity contribution is -0.115. The highest BCUT2D eigenvalue weighted by molar-refractivity contribution is 8.00. The van der Waals surface area contributed by atoms with Gasteiger partial charge in [0.2, 0.25) is 5.91 Å². The molecule has 29 heavy (non-hydrogen) atoms. The van der Waals surface area contributed by atoms with E-state index >= 15 is 0 Å². The van der Waals surface area contributed by atoms with E-state index in [-0.39, 0.29) is 11.7 Å². The van der Waals surface area contributed by atoms with Gasteiger partial charge in [-0.1, -0.05) is 24.8 Å². The molecule has 3 N–H and O–H groups in total. The first-order valence-corrected chi connectivity index (χ1v) is 10.0. The van der Waals surface area contributed by atoms with E-state index in [0.717, 1.165) is 11.8 Å². The number of hydrogen-bond acceptors (Lipinski definition) is 7. The van der Waals surface area contributed by atoms with Crippen LogP contribution in [0.3, 0.4) is 0 Å². The quantitative estimate of drug-likeness (QED) is 0.279. The van der Waals surface area contributed by atoms with Crippen LogP contribution >= 0.6 is 11.8 Å². The molecule has 0 spiro atoms. The molecular formula is C20H24N4O4S. The van der Waals surface area contributed by atoms with Gasteiger partial charge in [-0.15, -0.1) is 6.58 Å². The summed E-state index contributed by atoms with van der Waals surface area (Å²) >= 11 is 1.16. The number of ether oxygens (including phenoxy) is 1. The van der Waals surface area contributed by atoms with E-state index in [1.165, 1.54) is 6.07 Å². The molecule has 1 amide bonds. The molecule has 0 aliphatic heterocycles. The fourth-order valence-electron chi connectivity index (χ4n) is 2.48. The first kappa shape index (κ1) is 22.2. The summed E-state index contributed by atoms with van der Waals surface area (Å²) in [5.41, 5.74) is 6.40. The Labute approximate surface area is 173 Å². The van der Waals surface area contributed by atoms with Crippen LogP contribution in [0.25, 0.3) is 0 Å². The summed E-state index contributed by atoms with van der Waals surface area (Å²) in [5.74, 6) is -0.402. The van der Waals surface area contributed by atoms with Crippen LogP contribution in [0.1, 0.15) is 30.6 Å². The fourth-order valence-corrected chi connectivity index (χ4v) is 3.52. The summed E-state index contributed by atoms with van der Waals surface area (Å²) in [6.07, 6.45) is 2.15. The zero-order chi connectivity index (χ0) is 21.4. The Kier molecular flexibility index (Phi) is 8.02. The Morgan fingerprint density at radius 1 is 1.34 bits per heavy atom. The van der Waals surface area contributed by atoms with Gasteiger partial charge in [0.1, 0.15) is 5.82 Å². The van der Waals surface area contributed by atoms with Crippen molar-refractivity contribution in [3.63, 3.8) is 0 Å². The number of nitrogen functional groups attached to an aromatic ring is 1. The third-order valence-electron chi connectivity index (χ3n) is 3.91. The predicted molar refractivity (Wildman–Crippen MR) is 114 cm³/mol. The summed E-state index contributed by atoms with van der Waals surface area (Å²) in [6, 6.07) is 7.67. The van der Waals surface area contributed by atoms with Gasteiger partial charge < -0.3 is 20.4 Å². The average Bonchev–Trinajstić information content (AvgIpc) is 2.69. The lowest BCUT2D eigenvalue weighted by Crippen LogP contribution is -2.26. The molecule has 0 bridgehead atoms. The second-order valence-electron chi connectivity index (χ2n) is 6.00. The number of aromatic nitrogens is 2. The Bertz CT molecular complexity index is 940. The first-order chi connectivity index (χ1) is 13.9. The number of benzene rings is 1. The van der Waals surface area contributed by atoms with Crippen molar-refractivity contribution in [2.45, 2.75) is 37.2 Å². The Hall–Kier alpha value is -3.07. The highest BCUT2D eigenvalue weighted by Gasteiger charge is 2.21. The number of allylic oxidation sites excluding steroid dienone is 1. The molecule has 2 aromatic rings. The summed E-state index contributed by atoms with van der Waals surface area (Å²) in [5, 5.41) is 2.67. The SMILES string of the molecule is C=CCn1c(N)cc(=O)nc1S[C@@H](CC)C(=O)Nc1ccc(C(=O)OCC)cc1. The van der Waals surface area contributed by atoms with Crippen molar-refractivity contribution in [1.82, 2.24) is 9.55 Å². The number of carbonyl (C=O) groups excluding carboxylic acids is 2. The lowest BCUT2D eigenvalue weighted by Gasteiger charge is -2.18. The van der Waals surface area contributed by atoms with Gasteiger partial charge in [0.05, 0.1) is 17.4 Å². The zero-order valence-corrected chi connectivity index (χ0v) is 17.2. The smallest absolute Gasteiger partial charge is 0.338 e. The minimum atomic E-state index is -0.496. The van der Waals surface area contributed by atoms with Crippen LogP contribution in [0.5, 0.6) is 0 Å². The molecule has 0 aliphatic rings. The molecule has 1 aromatic carbocycles. The molecule has 9 heteroatoms. The molecule has 0 saturated carbocycles. The number of rotatable bonds is 9. The van der Waals surface area contributed by atoms with Crippen molar-refractivity contribution >= 4 is 35.1 Å². The Balaban J connectivity index is 2.14. The van der Waals surface area contributed by atoms with Gasteiger partial charge in [0, 0.05) is 18.3 Å². The monoisotopic (exact) mass is 416 g/mol. The Morgan fingerprint density at radius 2 is 2.03 bits per heavy atom.